The highest BCUT2D eigenvalue weighted by Crippen LogP contribution is 2.32. The van der Waals surface area contributed by atoms with E-state index in [2.05, 4.69) is 5.32 Å². The Morgan fingerprint density at radius 1 is 1.17 bits per heavy atom. The highest BCUT2D eigenvalue weighted by Gasteiger charge is 2.30. The highest BCUT2D eigenvalue weighted by atomic mass is 35.5. The molecule has 1 aliphatic heterocycles. The van der Waals surface area contributed by atoms with Gasteiger partial charge >= 0.3 is 0 Å². The van der Waals surface area contributed by atoms with Crippen molar-refractivity contribution in [2.45, 2.75) is 45.3 Å². The summed E-state index contributed by atoms with van der Waals surface area (Å²) in [7, 11) is 0. The number of hydrogen-bond donors (Lipinski definition) is 1. The molecule has 1 fully saturated rings. The van der Waals surface area contributed by atoms with E-state index in [-0.39, 0.29) is 18.8 Å². The monoisotopic (exact) mass is 441 g/mol. The maximum absolute atomic E-state index is 12.4. The quantitative estimate of drug-likeness (QED) is 0.546. The van der Waals surface area contributed by atoms with E-state index in [0.29, 0.717) is 49.1 Å². The Bertz CT molecular complexity index is 838. The molecule has 1 aromatic heterocycles. The fourth-order valence-electron chi connectivity index (χ4n) is 3.31. The van der Waals surface area contributed by atoms with Crippen LogP contribution in [0.1, 0.15) is 31.7 Å². The summed E-state index contributed by atoms with van der Waals surface area (Å²) in [6, 6.07) is 5.34. The van der Waals surface area contributed by atoms with Gasteiger partial charge in [-0.25, -0.2) is 9.97 Å². The smallest absolute Gasteiger partial charge is 0.148 e. The van der Waals surface area contributed by atoms with Crippen LogP contribution in [0.15, 0.2) is 18.2 Å². The Labute approximate surface area is 180 Å². The van der Waals surface area contributed by atoms with Gasteiger partial charge in [-0.05, 0) is 37.5 Å². The lowest BCUT2D eigenvalue weighted by atomic mass is 10.1. The Morgan fingerprint density at radius 3 is 2.66 bits per heavy atom. The van der Waals surface area contributed by atoms with Crippen molar-refractivity contribution < 1.29 is 13.9 Å². The molecule has 8 heteroatoms. The summed E-state index contributed by atoms with van der Waals surface area (Å²) in [6.45, 7) is 5.06. The number of ether oxygens (including phenoxy) is 2. The Morgan fingerprint density at radius 2 is 1.97 bits per heavy atom. The first-order chi connectivity index (χ1) is 14.1. The van der Waals surface area contributed by atoms with E-state index in [1.54, 1.807) is 12.1 Å². The molecule has 0 aliphatic carbocycles. The molecule has 1 aliphatic rings. The average molecular weight is 442 g/mol. The van der Waals surface area contributed by atoms with E-state index in [9.17, 15) is 4.39 Å². The third kappa shape index (κ3) is 5.37. The largest absolute Gasteiger partial charge is 0.376 e. The molecule has 5 nitrogen and oxygen atoms in total. The van der Waals surface area contributed by atoms with Gasteiger partial charge in [0.2, 0.25) is 0 Å². The molecule has 29 heavy (non-hydrogen) atoms. The van der Waals surface area contributed by atoms with Crippen molar-refractivity contribution in [2.75, 3.05) is 31.8 Å². The molecule has 3 rings (SSSR count). The molecule has 2 atom stereocenters. The Kier molecular flexibility index (Phi) is 8.07. The summed E-state index contributed by atoms with van der Waals surface area (Å²) in [5.41, 5.74) is 3.29. The molecule has 0 spiro atoms. The second kappa shape index (κ2) is 10.5. The fraction of sp³-hybridized carbons (Fsp3) is 0.524. The molecule has 1 N–H and O–H groups in total. The summed E-state index contributed by atoms with van der Waals surface area (Å²) in [6.07, 6.45) is 1.67. The predicted molar refractivity (Wildman–Crippen MR) is 115 cm³/mol. The van der Waals surface area contributed by atoms with Gasteiger partial charge in [0.25, 0.3) is 0 Å². The zero-order valence-electron chi connectivity index (χ0n) is 16.7. The molecule has 158 valence electrons. The van der Waals surface area contributed by atoms with Crippen LogP contribution in [0.25, 0.3) is 11.3 Å². The van der Waals surface area contributed by atoms with Crippen LogP contribution in [0.3, 0.4) is 0 Å². The van der Waals surface area contributed by atoms with Crippen LogP contribution in [0.4, 0.5) is 10.2 Å². The normalized spacial score (nSPS) is 18.9. The topological polar surface area (TPSA) is 56.3 Å². The summed E-state index contributed by atoms with van der Waals surface area (Å²) in [5.74, 6) is 0.729. The summed E-state index contributed by atoms with van der Waals surface area (Å²) in [4.78, 5) is 9.74. The van der Waals surface area contributed by atoms with Crippen LogP contribution < -0.4 is 5.32 Å². The van der Waals surface area contributed by atoms with E-state index in [1.165, 1.54) is 0 Å². The van der Waals surface area contributed by atoms with Crippen molar-refractivity contribution >= 4 is 29.0 Å². The van der Waals surface area contributed by atoms with E-state index in [1.807, 2.05) is 19.9 Å². The van der Waals surface area contributed by atoms with Crippen LogP contribution in [0.5, 0.6) is 0 Å². The standard InChI is InChI=1S/C21H26Cl2FN3O2/c1-3-16-20(14-7-6-13(22)10-15(14)23)25-17(4-2)21(26-16)27-18-11-28-12-19(18)29-9-5-8-24/h6-7,10,18-19H,3-5,8-9,11-12H2,1-2H3,(H,26,27)/t18-,19+/m1/s1. The van der Waals surface area contributed by atoms with Crippen LogP contribution in [0.2, 0.25) is 10.0 Å². The fourth-order valence-corrected chi connectivity index (χ4v) is 3.81. The molecule has 2 heterocycles. The predicted octanol–water partition coefficient (Wildman–Crippen LogP) is 5.13. The minimum atomic E-state index is -0.383. The first-order valence-corrected chi connectivity index (χ1v) is 10.7. The number of anilines is 1. The molecule has 1 saturated heterocycles. The lowest BCUT2D eigenvalue weighted by molar-refractivity contribution is 0.0361. The SMILES string of the molecule is CCc1nc(-c2ccc(Cl)cc2Cl)c(CC)nc1N[C@@H]1COC[C@@H]1OCCCF. The molecule has 0 radical (unpaired) electrons. The first kappa shape index (κ1) is 22.2. The zero-order valence-corrected chi connectivity index (χ0v) is 18.2. The molecule has 0 bridgehead atoms. The summed E-state index contributed by atoms with van der Waals surface area (Å²) >= 11 is 12.5. The van der Waals surface area contributed by atoms with Gasteiger partial charge in [0.15, 0.2) is 0 Å². The number of halogens is 3. The molecular formula is C21H26Cl2FN3O2. The van der Waals surface area contributed by atoms with Gasteiger partial charge in [-0.1, -0.05) is 37.0 Å². The van der Waals surface area contributed by atoms with Gasteiger partial charge in [-0.15, -0.1) is 0 Å². The maximum Gasteiger partial charge on any atom is 0.148 e. The summed E-state index contributed by atoms with van der Waals surface area (Å²) in [5, 5.41) is 4.58. The second-order valence-electron chi connectivity index (χ2n) is 6.89. The number of aryl methyl sites for hydroxylation is 2. The highest BCUT2D eigenvalue weighted by molar-refractivity contribution is 6.36. The molecule has 0 amide bonds. The number of nitrogens with zero attached hydrogens (tertiary/aromatic N) is 2. The van der Waals surface area contributed by atoms with Crippen molar-refractivity contribution in [2.24, 2.45) is 0 Å². The minimum Gasteiger partial charge on any atom is -0.376 e. The van der Waals surface area contributed by atoms with Crippen molar-refractivity contribution in [1.29, 1.82) is 0 Å². The van der Waals surface area contributed by atoms with Crippen molar-refractivity contribution in [3.05, 3.63) is 39.6 Å². The van der Waals surface area contributed by atoms with Gasteiger partial charge in [-0.3, -0.25) is 4.39 Å². The molecule has 1 aromatic carbocycles. The van der Waals surface area contributed by atoms with Crippen molar-refractivity contribution in [1.82, 2.24) is 9.97 Å². The maximum atomic E-state index is 12.4. The lowest BCUT2D eigenvalue weighted by Crippen LogP contribution is -2.35. The van der Waals surface area contributed by atoms with Gasteiger partial charge in [-0.2, -0.15) is 0 Å². The van der Waals surface area contributed by atoms with Gasteiger partial charge in [0.1, 0.15) is 11.9 Å². The van der Waals surface area contributed by atoms with Crippen molar-refractivity contribution in [3.63, 3.8) is 0 Å². The number of rotatable bonds is 9. The third-order valence-corrected chi connectivity index (χ3v) is 5.40. The number of benzene rings is 1. The van der Waals surface area contributed by atoms with E-state index < -0.39 is 0 Å². The lowest BCUT2D eigenvalue weighted by Gasteiger charge is -2.22. The molecule has 0 unspecified atom stereocenters. The number of aromatic nitrogens is 2. The first-order valence-electron chi connectivity index (χ1n) is 9.94. The molecular weight excluding hydrogens is 416 g/mol. The van der Waals surface area contributed by atoms with Gasteiger partial charge < -0.3 is 14.8 Å². The second-order valence-corrected chi connectivity index (χ2v) is 7.73. The Balaban J connectivity index is 1.88. The number of alkyl halides is 1. The Hall–Kier alpha value is -1.47. The van der Waals surface area contributed by atoms with E-state index in [4.69, 9.17) is 42.6 Å². The van der Waals surface area contributed by atoms with Gasteiger partial charge in [0.05, 0.1) is 48.0 Å². The number of nitrogens with one attached hydrogen (secondary N) is 1. The third-order valence-electron chi connectivity index (χ3n) is 4.86. The average Bonchev–Trinajstić information content (AvgIpc) is 3.15. The van der Waals surface area contributed by atoms with E-state index in [0.717, 1.165) is 28.5 Å². The van der Waals surface area contributed by atoms with Crippen LogP contribution in [0, 0.1) is 0 Å². The van der Waals surface area contributed by atoms with Crippen LogP contribution >= 0.6 is 23.2 Å². The minimum absolute atomic E-state index is 0.0520. The number of hydrogen-bond acceptors (Lipinski definition) is 5. The molecule has 2 aromatic rings. The van der Waals surface area contributed by atoms with E-state index >= 15 is 0 Å². The van der Waals surface area contributed by atoms with Crippen molar-refractivity contribution in [3.8, 4) is 11.3 Å². The molecule has 0 saturated carbocycles. The van der Waals surface area contributed by atoms with Crippen LogP contribution in [-0.4, -0.2) is 48.6 Å². The van der Waals surface area contributed by atoms with Crippen LogP contribution in [-0.2, 0) is 22.3 Å². The van der Waals surface area contributed by atoms with Gasteiger partial charge in [0, 0.05) is 17.2 Å². The zero-order chi connectivity index (χ0) is 20.8. The summed E-state index contributed by atoms with van der Waals surface area (Å²) < 4.78 is 23.7.